The van der Waals surface area contributed by atoms with Gasteiger partial charge in [0.2, 0.25) is 0 Å². The number of aliphatic hydroxyl groups excluding tert-OH is 1. The van der Waals surface area contributed by atoms with Crippen molar-refractivity contribution >= 4 is 0 Å². The third-order valence-electron chi connectivity index (χ3n) is 2.42. The molecule has 0 aliphatic heterocycles. The molecule has 1 heterocycles. The molecule has 2 aromatic rings. The summed E-state index contributed by atoms with van der Waals surface area (Å²) in [4.78, 5) is 3.96. The summed E-state index contributed by atoms with van der Waals surface area (Å²) in [5.74, 6) is -0.308. The van der Waals surface area contributed by atoms with Gasteiger partial charge in [-0.25, -0.2) is 0 Å². The second-order valence-electron chi connectivity index (χ2n) is 3.73. The van der Waals surface area contributed by atoms with E-state index < -0.39 is 6.36 Å². The molecule has 1 aromatic carbocycles. The molecule has 0 fully saturated rings. The topological polar surface area (TPSA) is 42.4 Å². The van der Waals surface area contributed by atoms with Gasteiger partial charge in [0.25, 0.3) is 0 Å². The Morgan fingerprint density at radius 1 is 1.16 bits per heavy atom. The molecule has 19 heavy (non-hydrogen) atoms. The molecule has 0 aliphatic rings. The van der Waals surface area contributed by atoms with Crippen LogP contribution in [0.2, 0.25) is 0 Å². The van der Waals surface area contributed by atoms with Crippen LogP contribution in [0.4, 0.5) is 13.2 Å². The molecule has 0 atom stereocenters. The summed E-state index contributed by atoms with van der Waals surface area (Å²) in [7, 11) is 0. The zero-order valence-electron chi connectivity index (χ0n) is 9.69. The first kappa shape index (κ1) is 13.4. The maximum atomic E-state index is 12.1. The van der Waals surface area contributed by atoms with Crippen molar-refractivity contribution in [1.82, 2.24) is 4.98 Å². The molecule has 0 saturated carbocycles. The molecular weight excluding hydrogens is 259 g/mol. The lowest BCUT2D eigenvalue weighted by molar-refractivity contribution is -0.274. The van der Waals surface area contributed by atoms with Crippen LogP contribution in [0.5, 0.6) is 5.75 Å². The van der Waals surface area contributed by atoms with Crippen LogP contribution >= 0.6 is 0 Å². The molecule has 100 valence electrons. The van der Waals surface area contributed by atoms with Crippen LogP contribution in [-0.2, 0) is 6.61 Å². The Bertz CT molecular complexity index is 570. The molecule has 0 unspecified atom stereocenters. The largest absolute Gasteiger partial charge is 0.573 e. The number of aliphatic hydroxyl groups is 1. The third-order valence-corrected chi connectivity index (χ3v) is 2.42. The Morgan fingerprint density at radius 3 is 2.63 bits per heavy atom. The SMILES string of the molecule is OCc1ncccc1-c1cccc(OC(F)(F)F)c1. The van der Waals surface area contributed by atoms with Crippen molar-refractivity contribution in [1.29, 1.82) is 0 Å². The van der Waals surface area contributed by atoms with Crippen LogP contribution in [0.3, 0.4) is 0 Å². The number of alkyl halides is 3. The Balaban J connectivity index is 2.38. The van der Waals surface area contributed by atoms with Gasteiger partial charge >= 0.3 is 6.36 Å². The van der Waals surface area contributed by atoms with Crippen molar-refractivity contribution in [2.45, 2.75) is 13.0 Å². The van der Waals surface area contributed by atoms with Gasteiger partial charge in [-0.2, -0.15) is 0 Å². The molecule has 1 aromatic heterocycles. The third kappa shape index (κ3) is 3.45. The van der Waals surface area contributed by atoms with Crippen LogP contribution < -0.4 is 4.74 Å². The van der Waals surface area contributed by atoms with Gasteiger partial charge in [0.15, 0.2) is 0 Å². The van der Waals surface area contributed by atoms with Crippen molar-refractivity contribution in [3.8, 4) is 16.9 Å². The van der Waals surface area contributed by atoms with Crippen molar-refractivity contribution in [3.63, 3.8) is 0 Å². The van der Waals surface area contributed by atoms with Crippen molar-refractivity contribution in [2.75, 3.05) is 0 Å². The van der Waals surface area contributed by atoms with E-state index in [-0.39, 0.29) is 12.4 Å². The lowest BCUT2D eigenvalue weighted by Gasteiger charge is -2.11. The Hall–Kier alpha value is -2.08. The maximum Gasteiger partial charge on any atom is 0.573 e. The van der Waals surface area contributed by atoms with Crippen molar-refractivity contribution < 1.29 is 23.0 Å². The average molecular weight is 269 g/mol. The fourth-order valence-corrected chi connectivity index (χ4v) is 1.69. The molecule has 0 amide bonds. The summed E-state index contributed by atoms with van der Waals surface area (Å²) >= 11 is 0. The van der Waals surface area contributed by atoms with Crippen molar-refractivity contribution in [2.24, 2.45) is 0 Å². The molecule has 0 spiro atoms. The van der Waals surface area contributed by atoms with Gasteiger partial charge in [0.1, 0.15) is 5.75 Å². The van der Waals surface area contributed by atoms with E-state index in [2.05, 4.69) is 9.72 Å². The molecule has 0 aliphatic carbocycles. The van der Waals surface area contributed by atoms with Gasteiger partial charge in [-0.3, -0.25) is 4.98 Å². The van der Waals surface area contributed by atoms with Crippen LogP contribution in [0.15, 0.2) is 42.6 Å². The van der Waals surface area contributed by atoms with Gasteiger partial charge in [-0.1, -0.05) is 18.2 Å². The number of rotatable bonds is 3. The van der Waals surface area contributed by atoms with E-state index in [1.54, 1.807) is 18.2 Å². The molecule has 0 saturated heterocycles. The Morgan fingerprint density at radius 2 is 1.95 bits per heavy atom. The Kier molecular flexibility index (Phi) is 3.71. The smallest absolute Gasteiger partial charge is 0.406 e. The molecule has 3 nitrogen and oxygen atoms in total. The van der Waals surface area contributed by atoms with E-state index in [9.17, 15) is 13.2 Å². The van der Waals surface area contributed by atoms with Gasteiger partial charge < -0.3 is 9.84 Å². The number of benzene rings is 1. The van der Waals surface area contributed by atoms with Gasteiger partial charge in [0.05, 0.1) is 12.3 Å². The predicted molar refractivity (Wildman–Crippen MR) is 62.3 cm³/mol. The van der Waals surface area contributed by atoms with Crippen molar-refractivity contribution in [3.05, 3.63) is 48.3 Å². The Labute approximate surface area is 107 Å². The van der Waals surface area contributed by atoms with E-state index in [1.165, 1.54) is 24.4 Å². The van der Waals surface area contributed by atoms with E-state index >= 15 is 0 Å². The summed E-state index contributed by atoms with van der Waals surface area (Å²) in [6, 6.07) is 8.86. The van der Waals surface area contributed by atoms with Crippen LogP contribution in [0.25, 0.3) is 11.1 Å². The van der Waals surface area contributed by atoms with Crippen LogP contribution in [0.1, 0.15) is 5.69 Å². The number of ether oxygens (including phenoxy) is 1. The average Bonchev–Trinajstić information content (AvgIpc) is 2.37. The summed E-state index contributed by atoms with van der Waals surface area (Å²) in [6.07, 6.45) is -3.22. The normalized spacial score (nSPS) is 11.4. The minimum atomic E-state index is -4.73. The van der Waals surface area contributed by atoms with E-state index in [0.29, 0.717) is 16.8 Å². The predicted octanol–water partition coefficient (Wildman–Crippen LogP) is 3.14. The highest BCUT2D eigenvalue weighted by Gasteiger charge is 2.31. The van der Waals surface area contributed by atoms with Gasteiger partial charge in [-0.05, 0) is 23.8 Å². The van der Waals surface area contributed by atoms with Crippen LogP contribution in [-0.4, -0.2) is 16.5 Å². The summed E-state index contributed by atoms with van der Waals surface area (Å²) in [6.45, 7) is -0.291. The first-order valence-electron chi connectivity index (χ1n) is 5.40. The molecule has 1 N–H and O–H groups in total. The molecule has 6 heteroatoms. The second kappa shape index (κ2) is 5.27. The number of nitrogens with zero attached hydrogens (tertiary/aromatic N) is 1. The van der Waals surface area contributed by atoms with Gasteiger partial charge in [-0.15, -0.1) is 13.2 Å². The maximum absolute atomic E-state index is 12.1. The van der Waals surface area contributed by atoms with E-state index in [0.717, 1.165) is 0 Å². The first-order valence-corrected chi connectivity index (χ1v) is 5.40. The number of halogens is 3. The number of hydrogen-bond acceptors (Lipinski definition) is 3. The fourth-order valence-electron chi connectivity index (χ4n) is 1.69. The second-order valence-corrected chi connectivity index (χ2v) is 3.73. The summed E-state index contributed by atoms with van der Waals surface area (Å²) in [5, 5.41) is 9.16. The standard InChI is InChI=1S/C13H10F3NO2/c14-13(15,16)19-10-4-1-3-9(7-10)11-5-2-6-17-12(11)8-18/h1-7,18H,8H2. The lowest BCUT2D eigenvalue weighted by atomic mass is 10.0. The zero-order chi connectivity index (χ0) is 13.9. The highest BCUT2D eigenvalue weighted by Crippen LogP contribution is 2.29. The molecule has 0 bridgehead atoms. The van der Waals surface area contributed by atoms with Crippen LogP contribution in [0, 0.1) is 0 Å². The zero-order valence-corrected chi connectivity index (χ0v) is 9.69. The monoisotopic (exact) mass is 269 g/mol. The minimum absolute atomic E-state index is 0.291. The highest BCUT2D eigenvalue weighted by atomic mass is 19.4. The van der Waals surface area contributed by atoms with Gasteiger partial charge in [0, 0.05) is 11.8 Å². The molecular formula is C13H10F3NO2. The number of hydrogen-bond donors (Lipinski definition) is 1. The van der Waals surface area contributed by atoms with E-state index in [4.69, 9.17) is 5.11 Å². The lowest BCUT2D eigenvalue weighted by Crippen LogP contribution is -2.17. The molecule has 2 rings (SSSR count). The number of pyridine rings is 1. The minimum Gasteiger partial charge on any atom is -0.406 e. The molecule has 0 radical (unpaired) electrons. The highest BCUT2D eigenvalue weighted by molar-refractivity contribution is 5.67. The fraction of sp³-hybridized carbons (Fsp3) is 0.154. The number of aromatic nitrogens is 1. The van der Waals surface area contributed by atoms with E-state index in [1.807, 2.05) is 0 Å². The quantitative estimate of drug-likeness (QED) is 0.930. The summed E-state index contributed by atoms with van der Waals surface area (Å²) < 4.78 is 40.3. The summed E-state index contributed by atoms with van der Waals surface area (Å²) in [5.41, 5.74) is 1.46. The first-order chi connectivity index (χ1) is 8.99.